The van der Waals surface area contributed by atoms with Gasteiger partial charge >= 0.3 is 0 Å². The lowest BCUT2D eigenvalue weighted by Crippen LogP contribution is -2.31. The van der Waals surface area contributed by atoms with Crippen molar-refractivity contribution in [2.45, 2.75) is 32.6 Å². The van der Waals surface area contributed by atoms with E-state index in [1.165, 1.54) is 11.1 Å². The summed E-state index contributed by atoms with van der Waals surface area (Å²) >= 11 is 0. The van der Waals surface area contributed by atoms with Gasteiger partial charge in [-0.3, -0.25) is 5.10 Å². The third kappa shape index (κ3) is 2.91. The fraction of sp³-hybridized carbons (Fsp3) is 0.300. The molecule has 4 heteroatoms. The Bertz CT molecular complexity index is 940. The molecule has 0 spiro atoms. The van der Waals surface area contributed by atoms with Crippen molar-refractivity contribution in [3.63, 3.8) is 0 Å². The van der Waals surface area contributed by atoms with Crippen LogP contribution in [0.2, 0.25) is 0 Å². The second-order valence-electron chi connectivity index (χ2n) is 6.45. The zero-order chi connectivity index (χ0) is 17.2. The van der Waals surface area contributed by atoms with Crippen molar-refractivity contribution in [1.82, 2.24) is 15.2 Å². The summed E-state index contributed by atoms with van der Waals surface area (Å²) in [6.07, 6.45) is 4.38. The lowest BCUT2D eigenvalue weighted by Gasteiger charge is -2.27. The molecule has 24 heavy (non-hydrogen) atoms. The van der Waals surface area contributed by atoms with Crippen molar-refractivity contribution in [1.29, 1.82) is 0 Å². The van der Waals surface area contributed by atoms with Gasteiger partial charge in [0.1, 0.15) is 0 Å². The number of pyridine rings is 1. The highest BCUT2D eigenvalue weighted by molar-refractivity contribution is 5.92. The Balaban J connectivity index is 0.00000169. The molecule has 1 atom stereocenters. The van der Waals surface area contributed by atoms with Crippen LogP contribution < -0.4 is 5.73 Å². The van der Waals surface area contributed by atoms with Crippen LogP contribution in [0.25, 0.3) is 22.2 Å². The Morgan fingerprint density at radius 2 is 2.17 bits per heavy atom. The summed E-state index contributed by atoms with van der Waals surface area (Å²) in [4.78, 5) is 4.32. The monoisotopic (exact) mass is 322 g/mol. The smallest absolute Gasteiger partial charge is 0.155 e. The predicted molar refractivity (Wildman–Crippen MR) is 103 cm³/mol. The van der Waals surface area contributed by atoms with Crippen LogP contribution in [0.4, 0.5) is 0 Å². The quantitative estimate of drug-likeness (QED) is 0.712. The molecule has 0 bridgehead atoms. The molecule has 0 aliphatic heterocycles. The van der Waals surface area contributed by atoms with Gasteiger partial charge in [-0.25, -0.2) is 4.98 Å². The average Bonchev–Trinajstić information content (AvgIpc) is 3.07. The first-order valence-electron chi connectivity index (χ1n) is 8.08. The summed E-state index contributed by atoms with van der Waals surface area (Å²) in [7, 11) is 0. The molecule has 0 radical (unpaired) electrons. The lowest BCUT2D eigenvalue weighted by atomic mass is 9.78. The highest BCUT2D eigenvalue weighted by Crippen LogP contribution is 2.33. The van der Waals surface area contributed by atoms with E-state index in [-0.39, 0.29) is 8.27 Å². The van der Waals surface area contributed by atoms with Crippen LogP contribution in [0.3, 0.4) is 0 Å². The molecule has 1 unspecified atom stereocenters. The summed E-state index contributed by atoms with van der Waals surface area (Å²) in [5, 5.41) is 8.07. The van der Waals surface area contributed by atoms with Gasteiger partial charge in [-0.05, 0) is 36.6 Å². The van der Waals surface area contributed by atoms with E-state index in [2.05, 4.69) is 59.1 Å². The molecule has 0 saturated heterocycles. The van der Waals surface area contributed by atoms with Gasteiger partial charge in [0.2, 0.25) is 0 Å². The number of aromatic nitrogens is 3. The van der Waals surface area contributed by atoms with E-state index >= 15 is 0 Å². The maximum absolute atomic E-state index is 6.10. The van der Waals surface area contributed by atoms with E-state index in [1.54, 1.807) is 0 Å². The Labute approximate surface area is 145 Å². The maximum Gasteiger partial charge on any atom is 0.155 e. The normalized spacial score (nSPS) is 13.3. The van der Waals surface area contributed by atoms with E-state index in [9.17, 15) is 0 Å². The standard InChI is InChI=1S/C20H22N4.2H2/c1-4-5-7-20(3,13-21)16-10-14(2)9-15(11-16)17-6-8-22-19-18(17)12-23-24-19;;/h6,8-12H,7,13,21H2,1-3H3,(H,22,23,24);2*1H. The minimum absolute atomic E-state index is 0. The number of fused-ring (bicyclic) bond motifs is 1. The lowest BCUT2D eigenvalue weighted by molar-refractivity contribution is 0.498. The van der Waals surface area contributed by atoms with E-state index < -0.39 is 0 Å². The van der Waals surface area contributed by atoms with Crippen LogP contribution in [0, 0.1) is 18.8 Å². The van der Waals surface area contributed by atoms with E-state index in [1.807, 2.05) is 25.4 Å². The van der Waals surface area contributed by atoms with Crippen molar-refractivity contribution in [2.75, 3.05) is 6.54 Å². The first-order chi connectivity index (χ1) is 11.6. The largest absolute Gasteiger partial charge is 0.330 e. The van der Waals surface area contributed by atoms with Gasteiger partial charge in [0, 0.05) is 32.8 Å². The van der Waals surface area contributed by atoms with Crippen molar-refractivity contribution in [3.8, 4) is 23.0 Å². The highest BCUT2D eigenvalue weighted by Gasteiger charge is 2.25. The van der Waals surface area contributed by atoms with Crippen LogP contribution >= 0.6 is 0 Å². The zero-order valence-corrected chi connectivity index (χ0v) is 14.4. The summed E-state index contributed by atoms with van der Waals surface area (Å²) in [5.74, 6) is 6.17. The molecule has 0 aliphatic rings. The minimum atomic E-state index is -0.160. The number of aromatic amines is 1. The summed E-state index contributed by atoms with van der Waals surface area (Å²) < 4.78 is 0. The summed E-state index contributed by atoms with van der Waals surface area (Å²) in [5.41, 5.74) is 11.4. The van der Waals surface area contributed by atoms with Gasteiger partial charge in [0.05, 0.1) is 6.20 Å². The number of nitrogens with zero attached hydrogens (tertiary/aromatic N) is 2. The Morgan fingerprint density at radius 1 is 1.33 bits per heavy atom. The third-order valence-corrected chi connectivity index (χ3v) is 4.55. The molecule has 4 nitrogen and oxygen atoms in total. The Kier molecular flexibility index (Phi) is 4.37. The number of nitrogens with two attached hydrogens (primary N) is 1. The van der Waals surface area contributed by atoms with Gasteiger partial charge in [-0.2, -0.15) is 5.10 Å². The van der Waals surface area contributed by atoms with Gasteiger partial charge in [0.25, 0.3) is 0 Å². The van der Waals surface area contributed by atoms with Gasteiger partial charge < -0.3 is 5.73 Å². The molecule has 1 aromatic carbocycles. The SMILES string of the molecule is CC#CCC(C)(CN)c1cc(C)cc(-c2ccnc3[nH]ncc23)c1.[HH].[HH]. The number of benzene rings is 1. The topological polar surface area (TPSA) is 67.6 Å². The molecule has 3 rings (SSSR count). The molecule has 3 aromatic rings. The van der Waals surface area contributed by atoms with Crippen LogP contribution in [0.5, 0.6) is 0 Å². The van der Waals surface area contributed by atoms with E-state index in [4.69, 9.17) is 5.73 Å². The van der Waals surface area contributed by atoms with Crippen molar-refractivity contribution >= 4 is 11.0 Å². The summed E-state index contributed by atoms with van der Waals surface area (Å²) in [6, 6.07) is 8.65. The number of aryl methyl sites for hydroxylation is 1. The first kappa shape index (κ1) is 16.2. The fourth-order valence-corrected chi connectivity index (χ4v) is 2.97. The van der Waals surface area contributed by atoms with E-state index in [0.29, 0.717) is 6.54 Å². The van der Waals surface area contributed by atoms with Crippen LogP contribution in [0.15, 0.2) is 36.7 Å². The fourth-order valence-electron chi connectivity index (χ4n) is 2.97. The second-order valence-corrected chi connectivity index (χ2v) is 6.45. The predicted octanol–water partition coefficient (Wildman–Crippen LogP) is 4.06. The second kappa shape index (κ2) is 6.46. The summed E-state index contributed by atoms with van der Waals surface area (Å²) in [6.45, 7) is 6.71. The molecule has 0 amide bonds. The van der Waals surface area contributed by atoms with Crippen molar-refractivity contribution in [2.24, 2.45) is 5.73 Å². The molecular formula is C20H26N4. The number of H-pyrrole nitrogens is 1. The average molecular weight is 322 g/mol. The number of hydrogen-bond acceptors (Lipinski definition) is 3. The van der Waals surface area contributed by atoms with Crippen LogP contribution in [-0.2, 0) is 5.41 Å². The third-order valence-electron chi connectivity index (χ3n) is 4.55. The van der Waals surface area contributed by atoms with Crippen molar-refractivity contribution < 1.29 is 2.85 Å². The van der Waals surface area contributed by atoms with Gasteiger partial charge in [-0.1, -0.05) is 30.7 Å². The molecule has 0 fully saturated rings. The molecule has 3 N–H and O–H groups in total. The van der Waals surface area contributed by atoms with Crippen molar-refractivity contribution in [3.05, 3.63) is 47.8 Å². The van der Waals surface area contributed by atoms with E-state index in [0.717, 1.165) is 28.6 Å². The number of rotatable bonds is 4. The molecule has 0 saturated carbocycles. The Hall–Kier alpha value is -2.64. The molecule has 2 heterocycles. The highest BCUT2D eigenvalue weighted by atomic mass is 15.1. The molecule has 126 valence electrons. The van der Waals surface area contributed by atoms with Crippen LogP contribution in [-0.4, -0.2) is 21.7 Å². The van der Waals surface area contributed by atoms with Gasteiger partial charge in [-0.15, -0.1) is 11.8 Å². The van der Waals surface area contributed by atoms with Gasteiger partial charge in [0.15, 0.2) is 5.65 Å². The maximum atomic E-state index is 6.10. The number of hydrogen-bond donors (Lipinski definition) is 2. The first-order valence-corrected chi connectivity index (χ1v) is 8.08. The molecule has 0 aliphatic carbocycles. The Morgan fingerprint density at radius 3 is 2.92 bits per heavy atom. The number of nitrogens with one attached hydrogen (secondary N) is 1. The molecular weight excluding hydrogens is 296 g/mol. The zero-order valence-electron chi connectivity index (χ0n) is 14.4. The van der Waals surface area contributed by atoms with Crippen LogP contribution in [0.1, 0.15) is 34.2 Å². The molecule has 2 aromatic heterocycles. The minimum Gasteiger partial charge on any atom is -0.330 e.